The van der Waals surface area contributed by atoms with Gasteiger partial charge in [-0.05, 0) is 20.9 Å². The van der Waals surface area contributed by atoms with E-state index < -0.39 is 0 Å². The van der Waals surface area contributed by atoms with Gasteiger partial charge in [0.05, 0.1) is 12.7 Å². The molecule has 0 aliphatic carbocycles. The van der Waals surface area contributed by atoms with Crippen molar-refractivity contribution in [1.82, 2.24) is 5.32 Å². The van der Waals surface area contributed by atoms with Gasteiger partial charge in [-0.2, -0.15) is 0 Å². The summed E-state index contributed by atoms with van der Waals surface area (Å²) in [4.78, 5) is 0. The van der Waals surface area contributed by atoms with Crippen molar-refractivity contribution in [3.05, 3.63) is 0 Å². The van der Waals surface area contributed by atoms with E-state index in [-0.39, 0.29) is 0 Å². The Balaban J connectivity index is 2.72. The van der Waals surface area contributed by atoms with E-state index >= 15 is 0 Å². The molecule has 0 rings (SSSR count). The summed E-state index contributed by atoms with van der Waals surface area (Å²) in [5, 5.41) is 3.00. The lowest BCUT2D eigenvalue weighted by Crippen LogP contribution is -2.16. The lowest BCUT2D eigenvalue weighted by Gasteiger charge is -2.05. The summed E-state index contributed by atoms with van der Waals surface area (Å²) in [5.41, 5.74) is 0. The van der Waals surface area contributed by atoms with Crippen molar-refractivity contribution in [3.8, 4) is 0 Å². The minimum atomic E-state index is 0.364. The third-order valence-electron chi connectivity index (χ3n) is 0.803. The molecular formula is C6H15NO. The zero-order valence-corrected chi connectivity index (χ0v) is 5.90. The van der Waals surface area contributed by atoms with E-state index in [1.165, 1.54) is 0 Å². The second kappa shape index (κ2) is 5.06. The highest BCUT2D eigenvalue weighted by Crippen LogP contribution is 1.83. The van der Waals surface area contributed by atoms with Crippen molar-refractivity contribution in [2.75, 3.05) is 20.2 Å². The lowest BCUT2D eigenvalue weighted by atomic mass is 10.5. The van der Waals surface area contributed by atoms with Crippen LogP contribution in [0, 0.1) is 0 Å². The highest BCUT2D eigenvalue weighted by Gasteiger charge is 1.88. The summed E-state index contributed by atoms with van der Waals surface area (Å²) in [7, 11) is 1.92. The fourth-order valence-corrected chi connectivity index (χ4v) is 0.397. The summed E-state index contributed by atoms with van der Waals surface area (Å²) >= 11 is 0. The predicted octanol–water partition coefficient (Wildman–Crippen LogP) is 0.631. The maximum absolute atomic E-state index is 5.22. The van der Waals surface area contributed by atoms with Gasteiger partial charge in [0.15, 0.2) is 0 Å². The fourth-order valence-electron chi connectivity index (χ4n) is 0.397. The number of hydrogen-bond donors (Lipinski definition) is 1. The van der Waals surface area contributed by atoms with Crippen LogP contribution in [0.5, 0.6) is 0 Å². The Morgan fingerprint density at radius 3 is 2.50 bits per heavy atom. The van der Waals surface area contributed by atoms with E-state index in [4.69, 9.17) is 4.74 Å². The molecule has 0 atom stereocenters. The Labute approximate surface area is 51.2 Å². The van der Waals surface area contributed by atoms with Crippen molar-refractivity contribution in [2.24, 2.45) is 0 Å². The van der Waals surface area contributed by atoms with E-state index in [0.29, 0.717) is 6.10 Å². The minimum Gasteiger partial charge on any atom is -0.377 e. The zero-order chi connectivity index (χ0) is 6.41. The average Bonchev–Trinajstić information content (AvgIpc) is 1.66. The number of nitrogens with one attached hydrogen (secondary N) is 1. The van der Waals surface area contributed by atoms with Gasteiger partial charge in [-0.25, -0.2) is 0 Å². The molecule has 1 N–H and O–H groups in total. The van der Waals surface area contributed by atoms with Crippen LogP contribution < -0.4 is 5.32 Å². The van der Waals surface area contributed by atoms with Gasteiger partial charge >= 0.3 is 0 Å². The van der Waals surface area contributed by atoms with E-state index in [2.05, 4.69) is 5.32 Å². The zero-order valence-electron chi connectivity index (χ0n) is 5.90. The maximum Gasteiger partial charge on any atom is 0.0594 e. The molecule has 0 aromatic rings. The molecule has 8 heavy (non-hydrogen) atoms. The van der Waals surface area contributed by atoms with Gasteiger partial charge in [-0.1, -0.05) is 0 Å². The van der Waals surface area contributed by atoms with Crippen LogP contribution in [0.1, 0.15) is 13.8 Å². The average molecular weight is 117 g/mol. The number of ether oxygens (including phenoxy) is 1. The van der Waals surface area contributed by atoms with Crippen LogP contribution in [0.3, 0.4) is 0 Å². The molecule has 0 saturated carbocycles. The van der Waals surface area contributed by atoms with Gasteiger partial charge < -0.3 is 10.1 Å². The van der Waals surface area contributed by atoms with Crippen LogP contribution in [-0.4, -0.2) is 26.3 Å². The Morgan fingerprint density at radius 1 is 1.50 bits per heavy atom. The standard InChI is InChI=1S/C6H15NO/c1-6(2)8-5-4-7-3/h6-7H,4-5H2,1-3H3. The Kier molecular flexibility index (Phi) is 5.01. The summed E-state index contributed by atoms with van der Waals surface area (Å²) in [6.07, 6.45) is 0.364. The van der Waals surface area contributed by atoms with Crippen molar-refractivity contribution in [1.29, 1.82) is 0 Å². The van der Waals surface area contributed by atoms with Crippen molar-refractivity contribution in [2.45, 2.75) is 20.0 Å². The first kappa shape index (κ1) is 7.92. The van der Waals surface area contributed by atoms with Crippen LogP contribution in [0.15, 0.2) is 0 Å². The van der Waals surface area contributed by atoms with Gasteiger partial charge in [0.25, 0.3) is 0 Å². The number of likely N-dealkylation sites (N-methyl/N-ethyl adjacent to an activating group) is 1. The monoisotopic (exact) mass is 117 g/mol. The summed E-state index contributed by atoms with van der Waals surface area (Å²) in [6.45, 7) is 5.83. The third kappa shape index (κ3) is 5.92. The molecule has 0 aliphatic rings. The van der Waals surface area contributed by atoms with E-state index in [0.717, 1.165) is 13.2 Å². The van der Waals surface area contributed by atoms with Crippen LogP contribution in [0.2, 0.25) is 0 Å². The Hall–Kier alpha value is -0.0800. The SMILES string of the molecule is CNCCOC(C)C. The Bertz CT molecular complexity index is 45.8. The highest BCUT2D eigenvalue weighted by molar-refractivity contribution is 4.39. The van der Waals surface area contributed by atoms with Crippen LogP contribution in [0.4, 0.5) is 0 Å². The molecule has 0 aromatic heterocycles. The molecule has 0 fully saturated rings. The summed E-state index contributed by atoms with van der Waals surface area (Å²) in [6, 6.07) is 0. The first-order valence-electron chi connectivity index (χ1n) is 3.03. The molecule has 50 valence electrons. The summed E-state index contributed by atoms with van der Waals surface area (Å²) in [5.74, 6) is 0. The maximum atomic E-state index is 5.22. The molecule has 0 aliphatic heterocycles. The molecule has 0 saturated heterocycles. The van der Waals surface area contributed by atoms with Gasteiger partial charge in [0.1, 0.15) is 0 Å². The molecule has 0 bridgehead atoms. The predicted molar refractivity (Wildman–Crippen MR) is 35.0 cm³/mol. The molecule has 0 aromatic carbocycles. The van der Waals surface area contributed by atoms with Gasteiger partial charge in [-0.3, -0.25) is 0 Å². The quantitative estimate of drug-likeness (QED) is 0.545. The molecule has 0 heterocycles. The van der Waals surface area contributed by atoms with Crippen LogP contribution in [0.25, 0.3) is 0 Å². The van der Waals surface area contributed by atoms with Gasteiger partial charge in [0, 0.05) is 6.54 Å². The second-order valence-corrected chi connectivity index (χ2v) is 2.02. The second-order valence-electron chi connectivity index (χ2n) is 2.02. The number of rotatable bonds is 4. The molecule has 0 radical (unpaired) electrons. The number of hydrogen-bond acceptors (Lipinski definition) is 2. The first-order valence-corrected chi connectivity index (χ1v) is 3.03. The van der Waals surface area contributed by atoms with Crippen molar-refractivity contribution >= 4 is 0 Å². The van der Waals surface area contributed by atoms with Gasteiger partial charge in [-0.15, -0.1) is 0 Å². The van der Waals surface area contributed by atoms with E-state index in [1.54, 1.807) is 0 Å². The normalized spacial score (nSPS) is 10.5. The minimum absolute atomic E-state index is 0.364. The van der Waals surface area contributed by atoms with Crippen LogP contribution >= 0.6 is 0 Å². The van der Waals surface area contributed by atoms with Crippen molar-refractivity contribution < 1.29 is 4.74 Å². The first-order chi connectivity index (χ1) is 3.77. The molecule has 0 unspecified atom stereocenters. The van der Waals surface area contributed by atoms with E-state index in [9.17, 15) is 0 Å². The van der Waals surface area contributed by atoms with E-state index in [1.807, 2.05) is 20.9 Å². The smallest absolute Gasteiger partial charge is 0.0594 e. The topological polar surface area (TPSA) is 21.3 Å². The fraction of sp³-hybridized carbons (Fsp3) is 1.00. The van der Waals surface area contributed by atoms with Crippen molar-refractivity contribution in [3.63, 3.8) is 0 Å². The Morgan fingerprint density at radius 2 is 2.12 bits per heavy atom. The van der Waals surface area contributed by atoms with Gasteiger partial charge in [0.2, 0.25) is 0 Å². The highest BCUT2D eigenvalue weighted by atomic mass is 16.5. The summed E-state index contributed by atoms with van der Waals surface area (Å²) < 4.78 is 5.22. The lowest BCUT2D eigenvalue weighted by molar-refractivity contribution is 0.0818. The molecule has 2 nitrogen and oxygen atoms in total. The van der Waals surface area contributed by atoms with Crippen LogP contribution in [-0.2, 0) is 4.74 Å². The molecule has 2 heteroatoms. The largest absolute Gasteiger partial charge is 0.377 e. The third-order valence-corrected chi connectivity index (χ3v) is 0.803. The molecular weight excluding hydrogens is 102 g/mol. The molecule has 0 spiro atoms. The molecule has 0 amide bonds.